The third kappa shape index (κ3) is 2.54. The lowest BCUT2D eigenvalue weighted by molar-refractivity contribution is -0.268. The lowest BCUT2D eigenvalue weighted by Gasteiger charge is -2.08. The van der Waals surface area contributed by atoms with Gasteiger partial charge in [0.05, 0.1) is 6.21 Å². The number of nitrogens with zero attached hydrogens (tertiary/aromatic N) is 4. The van der Waals surface area contributed by atoms with Gasteiger partial charge in [0.2, 0.25) is 0 Å². The van der Waals surface area contributed by atoms with E-state index in [0.29, 0.717) is 5.56 Å². The fourth-order valence-corrected chi connectivity index (χ4v) is 1.37. The highest BCUT2D eigenvalue weighted by molar-refractivity contribution is 9.10. The second-order valence-corrected chi connectivity index (χ2v) is 3.70. The zero-order valence-electron chi connectivity index (χ0n) is 7.88. The Morgan fingerprint density at radius 1 is 1.50 bits per heavy atom. The summed E-state index contributed by atoms with van der Waals surface area (Å²) in [5, 5.41) is 28.0. The number of H-pyrrole nitrogens is 1. The van der Waals surface area contributed by atoms with Gasteiger partial charge in [-0.1, -0.05) is 32.8 Å². The standard InChI is InChI=1S/C8H7BrN6O/c9-6-1-2-7(16)5(3-6)4-10-11-8-12-14-15-13-8/h1-4,16H,(H2,11,12,13,14,15)/p-1/b10-4-. The lowest BCUT2D eigenvalue weighted by Crippen LogP contribution is -1.98. The topological polar surface area (TPSA) is 102 Å². The van der Waals surface area contributed by atoms with Crippen LogP contribution in [0.5, 0.6) is 5.75 Å². The van der Waals surface area contributed by atoms with Crippen molar-refractivity contribution in [2.45, 2.75) is 0 Å². The predicted octanol–water partition coefficient (Wildman–Crippen LogP) is 0.482. The monoisotopic (exact) mass is 281 g/mol. The van der Waals surface area contributed by atoms with Crippen molar-refractivity contribution in [2.75, 3.05) is 5.43 Å². The van der Waals surface area contributed by atoms with Crippen LogP contribution in [-0.4, -0.2) is 26.8 Å². The summed E-state index contributed by atoms with van der Waals surface area (Å²) < 4.78 is 0.813. The van der Waals surface area contributed by atoms with E-state index in [1.807, 2.05) is 0 Å². The minimum absolute atomic E-state index is 0.109. The molecule has 82 valence electrons. The minimum Gasteiger partial charge on any atom is -0.872 e. The number of hydrogen-bond donors (Lipinski definition) is 2. The molecule has 0 aliphatic heterocycles. The number of rotatable bonds is 3. The molecule has 1 aromatic heterocycles. The van der Waals surface area contributed by atoms with E-state index in [1.54, 1.807) is 12.1 Å². The quantitative estimate of drug-likeness (QED) is 0.629. The normalized spacial score (nSPS) is 10.8. The molecule has 2 aromatic rings. The summed E-state index contributed by atoms with van der Waals surface area (Å²) >= 11 is 3.27. The molecule has 0 radical (unpaired) electrons. The van der Waals surface area contributed by atoms with Gasteiger partial charge in [0.1, 0.15) is 0 Å². The summed E-state index contributed by atoms with van der Waals surface area (Å²) in [6.45, 7) is 0. The van der Waals surface area contributed by atoms with Gasteiger partial charge < -0.3 is 5.11 Å². The van der Waals surface area contributed by atoms with E-state index in [2.05, 4.69) is 47.1 Å². The number of aromatic nitrogens is 4. The maximum absolute atomic E-state index is 11.4. The van der Waals surface area contributed by atoms with E-state index in [9.17, 15) is 5.11 Å². The van der Waals surface area contributed by atoms with Crippen molar-refractivity contribution in [2.24, 2.45) is 5.10 Å². The first-order valence-electron chi connectivity index (χ1n) is 4.25. The summed E-state index contributed by atoms with van der Waals surface area (Å²) in [6.07, 6.45) is 1.39. The molecule has 2 N–H and O–H groups in total. The molecule has 1 aromatic carbocycles. The number of hydrogen-bond acceptors (Lipinski definition) is 6. The van der Waals surface area contributed by atoms with E-state index < -0.39 is 0 Å². The van der Waals surface area contributed by atoms with Gasteiger partial charge in [-0.3, -0.25) is 0 Å². The summed E-state index contributed by atoms with van der Waals surface area (Å²) in [6, 6.07) is 4.80. The van der Waals surface area contributed by atoms with Gasteiger partial charge in [-0.15, -0.1) is 5.10 Å². The van der Waals surface area contributed by atoms with Gasteiger partial charge in [-0.2, -0.15) is 10.3 Å². The Hall–Kier alpha value is -1.96. The van der Waals surface area contributed by atoms with Crippen molar-refractivity contribution in [3.8, 4) is 5.75 Å². The van der Waals surface area contributed by atoms with Crippen molar-refractivity contribution in [1.82, 2.24) is 20.6 Å². The molecular weight excluding hydrogens is 276 g/mol. The number of tetrazole rings is 1. The van der Waals surface area contributed by atoms with Crippen molar-refractivity contribution in [1.29, 1.82) is 0 Å². The first-order valence-corrected chi connectivity index (χ1v) is 5.04. The maximum Gasteiger partial charge on any atom is 0.283 e. The average Bonchev–Trinajstić information content (AvgIpc) is 2.76. The molecular formula is C8H6BrN6O-. The number of halogens is 1. The van der Waals surface area contributed by atoms with Crippen molar-refractivity contribution in [3.63, 3.8) is 0 Å². The van der Waals surface area contributed by atoms with E-state index in [0.717, 1.165) is 4.47 Å². The molecule has 8 heteroatoms. The molecule has 0 fully saturated rings. The summed E-state index contributed by atoms with van der Waals surface area (Å²) in [5.74, 6) is 0.126. The molecule has 0 unspecified atom stereocenters. The Bertz CT molecular complexity index is 497. The van der Waals surface area contributed by atoms with Gasteiger partial charge >= 0.3 is 0 Å². The van der Waals surface area contributed by atoms with Crippen molar-refractivity contribution >= 4 is 28.1 Å². The molecule has 1 heterocycles. The summed E-state index contributed by atoms with van der Waals surface area (Å²) in [7, 11) is 0. The first kappa shape index (κ1) is 10.6. The van der Waals surface area contributed by atoms with Gasteiger partial charge in [-0.05, 0) is 22.9 Å². The highest BCUT2D eigenvalue weighted by Gasteiger charge is 1.94. The van der Waals surface area contributed by atoms with Crippen LogP contribution in [0.25, 0.3) is 0 Å². The smallest absolute Gasteiger partial charge is 0.283 e. The molecule has 0 amide bonds. The van der Waals surface area contributed by atoms with Crippen LogP contribution in [0.1, 0.15) is 5.56 Å². The average molecular weight is 282 g/mol. The van der Waals surface area contributed by atoms with Gasteiger partial charge in [-0.25, -0.2) is 5.43 Å². The Morgan fingerprint density at radius 2 is 2.38 bits per heavy atom. The third-order valence-corrected chi connectivity index (χ3v) is 2.18. The molecule has 0 bridgehead atoms. The minimum atomic E-state index is -0.109. The molecule has 0 aliphatic carbocycles. The van der Waals surface area contributed by atoms with Crippen LogP contribution in [0.4, 0.5) is 5.95 Å². The zero-order chi connectivity index (χ0) is 11.4. The molecule has 0 saturated heterocycles. The van der Waals surface area contributed by atoms with E-state index in [1.165, 1.54) is 12.3 Å². The van der Waals surface area contributed by atoms with Crippen LogP contribution in [0.15, 0.2) is 27.8 Å². The molecule has 0 atom stereocenters. The summed E-state index contributed by atoms with van der Waals surface area (Å²) in [5.41, 5.74) is 2.98. The molecule has 0 aliphatic rings. The largest absolute Gasteiger partial charge is 0.872 e. The van der Waals surface area contributed by atoms with E-state index >= 15 is 0 Å². The maximum atomic E-state index is 11.4. The predicted molar refractivity (Wildman–Crippen MR) is 59.0 cm³/mol. The third-order valence-electron chi connectivity index (χ3n) is 1.69. The van der Waals surface area contributed by atoms with Crippen LogP contribution >= 0.6 is 15.9 Å². The lowest BCUT2D eigenvalue weighted by atomic mass is 10.2. The van der Waals surface area contributed by atoms with Crippen LogP contribution in [0.2, 0.25) is 0 Å². The number of anilines is 1. The highest BCUT2D eigenvalue weighted by atomic mass is 79.9. The van der Waals surface area contributed by atoms with Crippen molar-refractivity contribution < 1.29 is 5.11 Å². The Balaban J connectivity index is 2.08. The Morgan fingerprint density at radius 3 is 3.12 bits per heavy atom. The van der Waals surface area contributed by atoms with Crippen LogP contribution in [-0.2, 0) is 0 Å². The molecule has 7 nitrogen and oxygen atoms in total. The number of hydrazone groups is 1. The first-order chi connectivity index (χ1) is 7.75. The second kappa shape index (κ2) is 4.71. The Kier molecular flexibility index (Phi) is 3.10. The molecule has 0 spiro atoms. The second-order valence-electron chi connectivity index (χ2n) is 2.79. The summed E-state index contributed by atoms with van der Waals surface area (Å²) in [4.78, 5) is 0. The van der Waals surface area contributed by atoms with Gasteiger partial charge in [0.15, 0.2) is 0 Å². The highest BCUT2D eigenvalue weighted by Crippen LogP contribution is 2.17. The van der Waals surface area contributed by atoms with Gasteiger partial charge in [0, 0.05) is 4.47 Å². The fraction of sp³-hybridized carbons (Fsp3) is 0. The van der Waals surface area contributed by atoms with E-state index in [4.69, 9.17) is 0 Å². The van der Waals surface area contributed by atoms with Crippen LogP contribution < -0.4 is 10.5 Å². The van der Waals surface area contributed by atoms with E-state index in [-0.39, 0.29) is 11.7 Å². The van der Waals surface area contributed by atoms with Gasteiger partial charge in [0.25, 0.3) is 5.95 Å². The van der Waals surface area contributed by atoms with Crippen LogP contribution in [0.3, 0.4) is 0 Å². The number of benzene rings is 1. The number of aromatic amines is 1. The molecule has 0 saturated carbocycles. The zero-order valence-corrected chi connectivity index (χ0v) is 9.47. The fourth-order valence-electron chi connectivity index (χ4n) is 0.989. The van der Waals surface area contributed by atoms with Crippen molar-refractivity contribution in [3.05, 3.63) is 28.2 Å². The molecule has 16 heavy (non-hydrogen) atoms. The van der Waals surface area contributed by atoms with Crippen LogP contribution in [0, 0.1) is 0 Å². The molecule has 2 rings (SSSR count). The SMILES string of the molecule is [O-]c1ccc(Br)cc1/C=N\Nc1nn[nH]n1. The number of nitrogens with one attached hydrogen (secondary N) is 2. The Labute approximate surface area is 98.7 Å².